The van der Waals surface area contributed by atoms with Crippen LogP contribution in [0.4, 0.5) is 10.6 Å². The molecule has 1 fully saturated rings. The molecule has 26 heavy (non-hydrogen) atoms. The van der Waals surface area contributed by atoms with Crippen LogP contribution in [0.1, 0.15) is 5.01 Å². The molecule has 1 N–H and O–H groups in total. The summed E-state index contributed by atoms with van der Waals surface area (Å²) < 4.78 is 0. The molecule has 134 valence electrons. The van der Waals surface area contributed by atoms with E-state index in [2.05, 4.69) is 37.7 Å². The average molecular weight is 369 g/mol. The molecular formula is C17H19N7OS. The maximum Gasteiger partial charge on any atom is 0.323 e. The largest absolute Gasteiger partial charge is 0.323 e. The second-order valence-electron chi connectivity index (χ2n) is 6.35. The number of piperazine rings is 1. The molecule has 1 aliphatic rings. The van der Waals surface area contributed by atoms with Gasteiger partial charge in [-0.25, -0.2) is 4.79 Å². The number of urea groups is 1. The van der Waals surface area contributed by atoms with Crippen LogP contribution in [0.2, 0.25) is 0 Å². The van der Waals surface area contributed by atoms with Crippen molar-refractivity contribution in [3.63, 3.8) is 0 Å². The Hall–Kier alpha value is -2.65. The van der Waals surface area contributed by atoms with E-state index in [9.17, 15) is 4.79 Å². The van der Waals surface area contributed by atoms with Crippen LogP contribution in [0.15, 0.2) is 24.3 Å². The van der Waals surface area contributed by atoms with Crippen molar-refractivity contribution >= 4 is 34.1 Å². The van der Waals surface area contributed by atoms with Crippen LogP contribution in [0.25, 0.3) is 21.5 Å². The fourth-order valence-corrected chi connectivity index (χ4v) is 3.54. The molecule has 0 aliphatic carbocycles. The molecular weight excluding hydrogens is 350 g/mol. The minimum Gasteiger partial charge on any atom is -0.322 e. The fraction of sp³-hybridized carbons (Fsp3) is 0.353. The molecule has 2 amide bonds. The van der Waals surface area contributed by atoms with Gasteiger partial charge in [0.05, 0.1) is 5.52 Å². The number of benzene rings is 1. The highest BCUT2D eigenvalue weighted by Gasteiger charge is 2.19. The van der Waals surface area contributed by atoms with E-state index in [0.717, 1.165) is 39.6 Å². The third-order valence-corrected chi connectivity index (χ3v) is 5.27. The summed E-state index contributed by atoms with van der Waals surface area (Å²) in [6.45, 7) is 5.11. The van der Waals surface area contributed by atoms with Crippen LogP contribution < -0.4 is 5.32 Å². The molecule has 1 aliphatic heterocycles. The van der Waals surface area contributed by atoms with Crippen LogP contribution in [-0.4, -0.2) is 69.5 Å². The van der Waals surface area contributed by atoms with Crippen molar-refractivity contribution in [3.05, 3.63) is 29.3 Å². The molecule has 0 radical (unpaired) electrons. The minimum absolute atomic E-state index is 0.136. The molecule has 0 saturated carbocycles. The van der Waals surface area contributed by atoms with Crippen molar-refractivity contribution in [1.29, 1.82) is 0 Å². The van der Waals surface area contributed by atoms with Crippen molar-refractivity contribution in [3.8, 4) is 10.6 Å². The number of likely N-dealkylation sites (N-methyl/N-ethyl adjacent to an activating group) is 1. The Morgan fingerprint density at radius 3 is 2.62 bits per heavy atom. The molecule has 4 rings (SSSR count). The van der Waals surface area contributed by atoms with Gasteiger partial charge < -0.3 is 9.80 Å². The van der Waals surface area contributed by atoms with Gasteiger partial charge in [0.25, 0.3) is 0 Å². The predicted molar refractivity (Wildman–Crippen MR) is 101 cm³/mol. The second-order valence-corrected chi connectivity index (χ2v) is 7.53. The smallest absolute Gasteiger partial charge is 0.322 e. The third kappa shape index (κ3) is 3.49. The number of fused-ring (bicyclic) bond motifs is 1. The fourth-order valence-electron chi connectivity index (χ4n) is 2.85. The van der Waals surface area contributed by atoms with Gasteiger partial charge in [-0.2, -0.15) is 0 Å². The summed E-state index contributed by atoms with van der Waals surface area (Å²) in [5.74, 6) is 0.451. The number of amides is 2. The van der Waals surface area contributed by atoms with Crippen molar-refractivity contribution < 1.29 is 4.79 Å². The maximum atomic E-state index is 12.4. The molecule has 0 unspecified atom stereocenters. The van der Waals surface area contributed by atoms with Gasteiger partial charge in [-0.15, -0.1) is 20.4 Å². The van der Waals surface area contributed by atoms with Gasteiger partial charge in [-0.05, 0) is 38.2 Å². The summed E-state index contributed by atoms with van der Waals surface area (Å²) in [5.41, 5.74) is 1.75. The Labute approximate surface area is 154 Å². The monoisotopic (exact) mass is 369 g/mol. The van der Waals surface area contributed by atoms with Gasteiger partial charge in [0.15, 0.2) is 5.82 Å². The van der Waals surface area contributed by atoms with Crippen LogP contribution >= 0.6 is 11.3 Å². The van der Waals surface area contributed by atoms with Crippen LogP contribution in [0, 0.1) is 6.92 Å². The molecule has 2 aromatic heterocycles. The van der Waals surface area contributed by atoms with Gasteiger partial charge in [-0.1, -0.05) is 11.3 Å². The van der Waals surface area contributed by atoms with Crippen molar-refractivity contribution in [1.82, 2.24) is 30.2 Å². The Kier molecular flexibility index (Phi) is 4.48. The summed E-state index contributed by atoms with van der Waals surface area (Å²) >= 11 is 1.54. The third-order valence-electron chi connectivity index (χ3n) is 4.38. The van der Waals surface area contributed by atoms with Gasteiger partial charge in [-0.3, -0.25) is 5.32 Å². The number of aromatic nitrogens is 4. The first kappa shape index (κ1) is 16.8. The number of rotatable bonds is 2. The number of carbonyl (C=O) groups is 1. The summed E-state index contributed by atoms with van der Waals surface area (Å²) in [5, 5.41) is 22.1. The first-order valence-electron chi connectivity index (χ1n) is 8.41. The normalized spacial score (nSPS) is 15.4. The first-order valence-corrected chi connectivity index (χ1v) is 9.22. The van der Waals surface area contributed by atoms with E-state index in [1.54, 1.807) is 16.2 Å². The molecule has 1 aromatic carbocycles. The molecule has 0 bridgehead atoms. The van der Waals surface area contributed by atoms with Gasteiger partial charge >= 0.3 is 6.03 Å². The second kappa shape index (κ2) is 6.93. The van der Waals surface area contributed by atoms with Crippen LogP contribution in [-0.2, 0) is 0 Å². The zero-order chi connectivity index (χ0) is 18.1. The molecule has 1 saturated heterocycles. The van der Waals surface area contributed by atoms with E-state index in [4.69, 9.17) is 0 Å². The number of nitrogens with zero attached hydrogens (tertiary/aromatic N) is 6. The van der Waals surface area contributed by atoms with E-state index in [-0.39, 0.29) is 6.03 Å². The number of aryl methyl sites for hydroxylation is 1. The van der Waals surface area contributed by atoms with Gasteiger partial charge in [0.1, 0.15) is 10.0 Å². The van der Waals surface area contributed by atoms with Gasteiger partial charge in [0, 0.05) is 37.1 Å². The SMILES string of the molecule is Cc1nnc(-c2ccc3nnc(NC(=O)N4CCN(C)CC4)cc3c2)s1. The summed E-state index contributed by atoms with van der Waals surface area (Å²) in [6.07, 6.45) is 0. The summed E-state index contributed by atoms with van der Waals surface area (Å²) in [7, 11) is 2.06. The lowest BCUT2D eigenvalue weighted by molar-refractivity contribution is 0.164. The molecule has 3 heterocycles. The Bertz CT molecular complexity index is 949. The Balaban J connectivity index is 1.55. The van der Waals surface area contributed by atoms with Gasteiger partial charge in [0.2, 0.25) is 0 Å². The first-order chi connectivity index (χ1) is 12.6. The number of nitrogens with one attached hydrogen (secondary N) is 1. The van der Waals surface area contributed by atoms with E-state index >= 15 is 0 Å². The van der Waals surface area contributed by atoms with Crippen molar-refractivity contribution in [2.24, 2.45) is 0 Å². The van der Waals surface area contributed by atoms with Crippen molar-refractivity contribution in [2.75, 3.05) is 38.5 Å². The predicted octanol–water partition coefficient (Wildman–Crippen LogP) is 2.24. The Morgan fingerprint density at radius 2 is 1.88 bits per heavy atom. The number of anilines is 1. The average Bonchev–Trinajstić information content (AvgIpc) is 3.08. The lowest BCUT2D eigenvalue weighted by atomic mass is 10.1. The zero-order valence-corrected chi connectivity index (χ0v) is 15.5. The van der Waals surface area contributed by atoms with Crippen LogP contribution in [0.3, 0.4) is 0 Å². The zero-order valence-electron chi connectivity index (χ0n) is 14.6. The van der Waals surface area contributed by atoms with E-state index in [1.165, 1.54) is 0 Å². The number of hydrogen-bond acceptors (Lipinski definition) is 7. The molecule has 0 spiro atoms. The quantitative estimate of drug-likeness (QED) is 0.745. The Morgan fingerprint density at radius 1 is 1.08 bits per heavy atom. The molecule has 0 atom stereocenters. The highest BCUT2D eigenvalue weighted by molar-refractivity contribution is 7.14. The van der Waals surface area contributed by atoms with Crippen LogP contribution in [0.5, 0.6) is 0 Å². The van der Waals surface area contributed by atoms with Crippen molar-refractivity contribution in [2.45, 2.75) is 6.92 Å². The number of carbonyl (C=O) groups excluding carboxylic acids is 1. The highest BCUT2D eigenvalue weighted by atomic mass is 32.1. The lowest BCUT2D eigenvalue weighted by Gasteiger charge is -2.32. The van der Waals surface area contributed by atoms with E-state index in [0.29, 0.717) is 18.9 Å². The van der Waals surface area contributed by atoms with E-state index in [1.807, 2.05) is 31.2 Å². The lowest BCUT2D eigenvalue weighted by Crippen LogP contribution is -2.48. The molecule has 9 heteroatoms. The standard InChI is InChI=1S/C17H19N7OS/c1-11-19-22-16(26-11)12-3-4-14-13(9-12)10-15(21-20-14)18-17(25)24-7-5-23(2)6-8-24/h3-4,9-10H,5-8H2,1-2H3,(H,18,21,25). The maximum absolute atomic E-state index is 12.4. The topological polar surface area (TPSA) is 87.1 Å². The minimum atomic E-state index is -0.136. The molecule has 8 nitrogen and oxygen atoms in total. The molecule has 3 aromatic rings. The number of hydrogen-bond donors (Lipinski definition) is 1. The van der Waals surface area contributed by atoms with E-state index < -0.39 is 0 Å². The summed E-state index contributed by atoms with van der Waals surface area (Å²) in [4.78, 5) is 16.4. The highest BCUT2D eigenvalue weighted by Crippen LogP contribution is 2.26. The summed E-state index contributed by atoms with van der Waals surface area (Å²) in [6, 6.07) is 7.56.